The van der Waals surface area contributed by atoms with Crippen LogP contribution in [0.25, 0.3) is 27.6 Å². The third-order valence-corrected chi connectivity index (χ3v) is 7.42. The molecule has 1 N–H and O–H groups in total. The Morgan fingerprint density at radius 2 is 1.68 bits per heavy atom. The third kappa shape index (κ3) is 3.84. The van der Waals surface area contributed by atoms with E-state index in [1.807, 2.05) is 18.3 Å². The summed E-state index contributed by atoms with van der Waals surface area (Å²) >= 11 is 0. The van der Waals surface area contributed by atoms with E-state index >= 15 is 0 Å². The number of aliphatic imine (C=N–C) groups is 1. The summed E-state index contributed by atoms with van der Waals surface area (Å²) in [4.78, 5) is 9.61. The molecule has 2 aliphatic heterocycles. The number of nitrogens with one attached hydrogen (secondary N) is 1. The number of benzene rings is 3. The lowest BCUT2D eigenvalue weighted by atomic mass is 9.81. The summed E-state index contributed by atoms with van der Waals surface area (Å²) in [5.74, 6) is 0.469. The molecule has 0 radical (unpaired) electrons. The first-order valence-corrected chi connectivity index (χ1v) is 12.9. The van der Waals surface area contributed by atoms with Crippen LogP contribution in [0.1, 0.15) is 23.6 Å². The lowest BCUT2D eigenvalue weighted by Crippen LogP contribution is -2.26. The minimum Gasteiger partial charge on any atom is -0.374 e. The summed E-state index contributed by atoms with van der Waals surface area (Å²) in [5, 5.41) is 6.31. The smallest absolute Gasteiger partial charge is 0.0707 e. The highest BCUT2D eigenvalue weighted by molar-refractivity contribution is 6.11. The monoisotopic (exact) mass is 477 g/mol. The first-order valence-electron chi connectivity index (χ1n) is 12.9. The first-order chi connectivity index (χ1) is 18.2. The summed E-state index contributed by atoms with van der Waals surface area (Å²) in [6, 6.07) is 26.2. The molecule has 0 saturated heterocycles. The van der Waals surface area contributed by atoms with Gasteiger partial charge in [-0.1, -0.05) is 79.8 Å². The number of dihydropyridines is 1. The van der Waals surface area contributed by atoms with E-state index < -0.39 is 0 Å². The molecule has 0 fully saturated rings. The van der Waals surface area contributed by atoms with Gasteiger partial charge in [0.15, 0.2) is 0 Å². The van der Waals surface area contributed by atoms with Crippen molar-refractivity contribution in [3.63, 3.8) is 0 Å². The fourth-order valence-corrected chi connectivity index (χ4v) is 5.58. The Kier molecular flexibility index (Phi) is 5.21. The molecule has 3 heterocycles. The van der Waals surface area contributed by atoms with Crippen LogP contribution in [-0.4, -0.2) is 23.3 Å². The van der Waals surface area contributed by atoms with E-state index in [1.165, 1.54) is 38.7 Å². The SMILES string of the molecule is CC1C=CC(c2cc(C3=C4C=CC=CC4Nc4c3ccc3ccccc43)cc(-c3ccccn3)c2)=NC1. The van der Waals surface area contributed by atoms with E-state index in [0.717, 1.165) is 29.1 Å². The Morgan fingerprint density at radius 1 is 0.811 bits per heavy atom. The predicted molar refractivity (Wildman–Crippen MR) is 155 cm³/mol. The van der Waals surface area contributed by atoms with Gasteiger partial charge in [0, 0.05) is 34.8 Å². The zero-order valence-electron chi connectivity index (χ0n) is 20.7. The fourth-order valence-electron chi connectivity index (χ4n) is 5.58. The largest absolute Gasteiger partial charge is 0.374 e. The number of nitrogens with zero attached hydrogens (tertiary/aromatic N) is 2. The molecule has 2 unspecified atom stereocenters. The fraction of sp³-hybridized carbons (Fsp3) is 0.118. The second kappa shape index (κ2) is 8.86. The second-order valence-electron chi connectivity index (χ2n) is 9.98. The maximum absolute atomic E-state index is 4.92. The Labute approximate surface area is 217 Å². The van der Waals surface area contributed by atoms with Crippen molar-refractivity contribution in [3.8, 4) is 11.3 Å². The van der Waals surface area contributed by atoms with Crippen molar-refractivity contribution >= 4 is 27.7 Å². The van der Waals surface area contributed by atoms with E-state index in [0.29, 0.717) is 5.92 Å². The number of aromatic nitrogens is 1. The minimum atomic E-state index is 0.119. The maximum atomic E-state index is 4.92. The van der Waals surface area contributed by atoms with Gasteiger partial charge in [-0.15, -0.1) is 0 Å². The number of fused-ring (bicyclic) bond motifs is 4. The molecule has 1 aromatic heterocycles. The standard InChI is InChI=1S/C34H27N3/c1-22-13-16-31(36-21-22)25-18-24(30-11-6-7-17-35-30)19-26(20-25)33-28-10-4-5-12-32(28)37-34-27-9-3-2-8-23(27)14-15-29(33)34/h2-20,22,32,37H,21H2,1H3. The Balaban J connectivity index is 1.50. The predicted octanol–water partition coefficient (Wildman–Crippen LogP) is 7.62. The molecule has 37 heavy (non-hydrogen) atoms. The van der Waals surface area contributed by atoms with Crippen molar-refractivity contribution in [2.75, 3.05) is 11.9 Å². The Bertz CT molecular complexity index is 1690. The molecule has 3 aromatic carbocycles. The summed E-state index contributed by atoms with van der Waals surface area (Å²) < 4.78 is 0. The molecular formula is C34H27N3. The van der Waals surface area contributed by atoms with Crippen LogP contribution in [0.15, 0.2) is 126 Å². The van der Waals surface area contributed by atoms with Gasteiger partial charge < -0.3 is 5.32 Å². The van der Waals surface area contributed by atoms with Gasteiger partial charge in [-0.2, -0.15) is 0 Å². The van der Waals surface area contributed by atoms with E-state index in [-0.39, 0.29) is 6.04 Å². The van der Waals surface area contributed by atoms with Gasteiger partial charge in [0.1, 0.15) is 0 Å². The average molecular weight is 478 g/mol. The normalized spacial score (nSPS) is 19.9. The van der Waals surface area contributed by atoms with E-state index in [9.17, 15) is 0 Å². The number of hydrogen-bond donors (Lipinski definition) is 1. The van der Waals surface area contributed by atoms with Gasteiger partial charge in [-0.3, -0.25) is 9.98 Å². The summed E-state index contributed by atoms with van der Waals surface area (Å²) in [6.07, 6.45) is 15.1. The van der Waals surface area contributed by atoms with Crippen molar-refractivity contribution in [1.82, 2.24) is 4.98 Å². The van der Waals surface area contributed by atoms with Crippen molar-refractivity contribution < 1.29 is 0 Å². The lowest BCUT2D eigenvalue weighted by molar-refractivity contribution is 0.734. The number of allylic oxidation sites excluding steroid dienone is 3. The summed E-state index contributed by atoms with van der Waals surface area (Å²) in [5.41, 5.74) is 10.4. The zero-order chi connectivity index (χ0) is 24.8. The number of hydrogen-bond acceptors (Lipinski definition) is 3. The van der Waals surface area contributed by atoms with Crippen molar-refractivity contribution in [1.29, 1.82) is 0 Å². The summed E-state index contributed by atoms with van der Waals surface area (Å²) in [7, 11) is 0. The Morgan fingerprint density at radius 3 is 2.54 bits per heavy atom. The van der Waals surface area contributed by atoms with Crippen molar-refractivity contribution in [2.24, 2.45) is 10.9 Å². The van der Waals surface area contributed by atoms with Gasteiger partial charge in [0.05, 0.1) is 23.1 Å². The van der Waals surface area contributed by atoms with Crippen molar-refractivity contribution in [3.05, 3.63) is 138 Å². The molecule has 1 aliphatic carbocycles. The molecule has 2 atom stereocenters. The number of anilines is 1. The van der Waals surface area contributed by atoms with Crippen molar-refractivity contribution in [2.45, 2.75) is 13.0 Å². The van der Waals surface area contributed by atoms with E-state index in [2.05, 4.69) is 114 Å². The highest BCUT2D eigenvalue weighted by Crippen LogP contribution is 2.44. The third-order valence-electron chi connectivity index (χ3n) is 7.42. The van der Waals surface area contributed by atoms with E-state index in [4.69, 9.17) is 4.99 Å². The van der Waals surface area contributed by atoms with Gasteiger partial charge in [0.25, 0.3) is 0 Å². The van der Waals surface area contributed by atoms with Crippen LogP contribution in [0.4, 0.5) is 5.69 Å². The van der Waals surface area contributed by atoms with Gasteiger partial charge in [-0.05, 0) is 64.4 Å². The molecule has 3 heteroatoms. The molecule has 3 aliphatic rings. The number of rotatable bonds is 3. The van der Waals surface area contributed by atoms with Crippen LogP contribution in [0.5, 0.6) is 0 Å². The van der Waals surface area contributed by atoms with Gasteiger partial charge in [0.2, 0.25) is 0 Å². The van der Waals surface area contributed by atoms with Crippen LogP contribution >= 0.6 is 0 Å². The highest BCUT2D eigenvalue weighted by atomic mass is 14.9. The molecule has 7 rings (SSSR count). The number of pyridine rings is 1. The van der Waals surface area contributed by atoms with Crippen LogP contribution < -0.4 is 5.32 Å². The molecule has 0 saturated carbocycles. The Hall–Kier alpha value is -4.50. The lowest BCUT2D eigenvalue weighted by Gasteiger charge is -2.32. The maximum Gasteiger partial charge on any atom is 0.0707 e. The van der Waals surface area contributed by atoms with Crippen LogP contribution in [0, 0.1) is 5.92 Å². The molecule has 4 aromatic rings. The van der Waals surface area contributed by atoms with Crippen LogP contribution in [0.2, 0.25) is 0 Å². The quantitative estimate of drug-likeness (QED) is 0.330. The average Bonchev–Trinajstić information content (AvgIpc) is 2.96. The van der Waals surface area contributed by atoms with Crippen LogP contribution in [0.3, 0.4) is 0 Å². The second-order valence-corrected chi connectivity index (χ2v) is 9.98. The summed E-state index contributed by atoms with van der Waals surface area (Å²) in [6.45, 7) is 3.02. The topological polar surface area (TPSA) is 37.3 Å². The molecule has 3 nitrogen and oxygen atoms in total. The van der Waals surface area contributed by atoms with Gasteiger partial charge >= 0.3 is 0 Å². The highest BCUT2D eigenvalue weighted by Gasteiger charge is 2.28. The minimum absolute atomic E-state index is 0.119. The molecule has 0 amide bonds. The first kappa shape index (κ1) is 21.8. The van der Waals surface area contributed by atoms with Crippen LogP contribution in [-0.2, 0) is 0 Å². The molecule has 0 spiro atoms. The van der Waals surface area contributed by atoms with E-state index in [1.54, 1.807) is 0 Å². The van der Waals surface area contributed by atoms with Gasteiger partial charge in [-0.25, -0.2) is 0 Å². The molecule has 0 bridgehead atoms. The molecule has 178 valence electrons. The zero-order valence-corrected chi connectivity index (χ0v) is 20.7. The molecular weight excluding hydrogens is 450 g/mol.